The van der Waals surface area contributed by atoms with Gasteiger partial charge in [-0.3, -0.25) is 4.99 Å². The number of aliphatic imine (C=N–C) groups is 1. The number of guanidine groups is 1. The Hall–Kier alpha value is -2.84. The number of oxazole rings is 1. The van der Waals surface area contributed by atoms with E-state index in [0.29, 0.717) is 30.6 Å². The number of hydrogen-bond donors (Lipinski definition) is 2. The highest BCUT2D eigenvalue weighted by atomic mass is 19.3. The number of hydrogen-bond acceptors (Lipinski definition) is 5. The summed E-state index contributed by atoms with van der Waals surface area (Å²) in [4.78, 5) is 10.6. The van der Waals surface area contributed by atoms with Gasteiger partial charge in [-0.25, -0.2) is 4.98 Å². The van der Waals surface area contributed by atoms with Crippen molar-refractivity contribution in [2.24, 2.45) is 4.99 Å². The topological polar surface area (TPSA) is 74.9 Å². The SMILES string of the molecule is CN=C(NCc1nc(C)c(C)o1)NC1CCN(c2ccccc2OC(F)F)C1. The van der Waals surface area contributed by atoms with E-state index in [-0.39, 0.29) is 11.8 Å². The van der Waals surface area contributed by atoms with E-state index in [9.17, 15) is 8.78 Å². The highest BCUT2D eigenvalue weighted by Gasteiger charge is 2.26. The first-order valence-corrected chi connectivity index (χ1v) is 9.15. The third kappa shape index (κ3) is 4.90. The molecule has 0 saturated carbocycles. The summed E-state index contributed by atoms with van der Waals surface area (Å²) in [5.74, 6) is 2.23. The molecule has 7 nitrogen and oxygen atoms in total. The van der Waals surface area contributed by atoms with Crippen molar-refractivity contribution >= 4 is 11.6 Å². The van der Waals surface area contributed by atoms with Crippen LogP contribution in [0.5, 0.6) is 5.75 Å². The number of aromatic nitrogens is 1. The van der Waals surface area contributed by atoms with Crippen molar-refractivity contribution in [1.82, 2.24) is 15.6 Å². The molecule has 2 heterocycles. The smallest absolute Gasteiger partial charge is 0.387 e. The molecule has 9 heteroatoms. The molecule has 0 radical (unpaired) electrons. The fourth-order valence-corrected chi connectivity index (χ4v) is 3.17. The van der Waals surface area contributed by atoms with Crippen molar-refractivity contribution in [2.45, 2.75) is 39.5 Å². The van der Waals surface area contributed by atoms with Crippen molar-refractivity contribution in [1.29, 1.82) is 0 Å². The number of anilines is 1. The molecule has 0 amide bonds. The van der Waals surface area contributed by atoms with Crippen LogP contribution in [0.3, 0.4) is 0 Å². The predicted molar refractivity (Wildman–Crippen MR) is 103 cm³/mol. The van der Waals surface area contributed by atoms with Gasteiger partial charge in [-0.2, -0.15) is 8.78 Å². The van der Waals surface area contributed by atoms with E-state index in [4.69, 9.17) is 4.42 Å². The summed E-state index contributed by atoms with van der Waals surface area (Å²) < 4.78 is 35.5. The zero-order valence-electron chi connectivity index (χ0n) is 16.2. The predicted octanol–water partition coefficient (Wildman–Crippen LogP) is 2.84. The summed E-state index contributed by atoms with van der Waals surface area (Å²) in [6.45, 7) is 2.75. The maximum absolute atomic E-state index is 12.6. The number of nitrogens with one attached hydrogen (secondary N) is 2. The van der Waals surface area contributed by atoms with Crippen LogP contribution in [-0.2, 0) is 6.54 Å². The van der Waals surface area contributed by atoms with E-state index in [2.05, 4.69) is 25.3 Å². The second kappa shape index (κ2) is 8.90. The van der Waals surface area contributed by atoms with E-state index in [1.165, 1.54) is 0 Å². The molecule has 1 aliphatic rings. The summed E-state index contributed by atoms with van der Waals surface area (Å²) in [6, 6.07) is 6.97. The van der Waals surface area contributed by atoms with Crippen molar-refractivity contribution in [3.05, 3.63) is 41.6 Å². The molecule has 0 aliphatic carbocycles. The minimum atomic E-state index is -2.84. The molecule has 1 atom stereocenters. The second-order valence-corrected chi connectivity index (χ2v) is 6.60. The molecule has 1 aromatic heterocycles. The van der Waals surface area contributed by atoms with Gasteiger partial charge in [0.1, 0.15) is 11.5 Å². The zero-order valence-corrected chi connectivity index (χ0v) is 16.2. The first-order valence-electron chi connectivity index (χ1n) is 9.15. The first-order chi connectivity index (χ1) is 13.5. The first kappa shape index (κ1) is 19.9. The Balaban J connectivity index is 1.56. The Morgan fingerprint density at radius 2 is 2.18 bits per heavy atom. The standard InChI is InChI=1S/C19H25F2N5O2/c1-12-13(2)27-17(24-12)10-23-19(22-3)25-14-8-9-26(11-14)15-6-4-5-7-16(15)28-18(20)21/h4-7,14,18H,8-11H2,1-3H3,(H2,22,23,25). The summed E-state index contributed by atoms with van der Waals surface area (Å²) >= 11 is 0. The Labute approximate surface area is 162 Å². The van der Waals surface area contributed by atoms with E-state index >= 15 is 0 Å². The minimum absolute atomic E-state index is 0.124. The third-order valence-corrected chi connectivity index (χ3v) is 4.65. The molecule has 3 rings (SSSR count). The van der Waals surface area contributed by atoms with Crippen molar-refractivity contribution in [2.75, 3.05) is 25.0 Å². The van der Waals surface area contributed by atoms with Crippen LogP contribution < -0.4 is 20.3 Å². The molecule has 1 aromatic carbocycles. The molecule has 2 aromatic rings. The van der Waals surface area contributed by atoms with E-state index in [1.54, 1.807) is 25.2 Å². The maximum atomic E-state index is 12.6. The van der Waals surface area contributed by atoms with Crippen LogP contribution in [-0.4, -0.2) is 43.7 Å². The number of nitrogens with zero attached hydrogens (tertiary/aromatic N) is 3. The van der Waals surface area contributed by atoms with Gasteiger partial charge in [0.15, 0.2) is 5.96 Å². The fourth-order valence-electron chi connectivity index (χ4n) is 3.17. The highest BCUT2D eigenvalue weighted by Crippen LogP contribution is 2.31. The monoisotopic (exact) mass is 393 g/mol. The van der Waals surface area contributed by atoms with Crippen molar-refractivity contribution < 1.29 is 17.9 Å². The summed E-state index contributed by atoms with van der Waals surface area (Å²) in [7, 11) is 1.69. The minimum Gasteiger partial charge on any atom is -0.444 e. The number of halogens is 2. The van der Waals surface area contributed by atoms with Gasteiger partial charge >= 0.3 is 6.61 Å². The quantitative estimate of drug-likeness (QED) is 0.581. The molecule has 0 bridgehead atoms. The van der Waals surface area contributed by atoms with Gasteiger partial charge in [-0.15, -0.1) is 0 Å². The number of alkyl halides is 2. The van der Waals surface area contributed by atoms with Crippen LogP contribution in [0.15, 0.2) is 33.7 Å². The van der Waals surface area contributed by atoms with E-state index in [0.717, 1.165) is 24.4 Å². The molecule has 28 heavy (non-hydrogen) atoms. The Morgan fingerprint density at radius 3 is 2.86 bits per heavy atom. The number of benzene rings is 1. The Bertz CT molecular complexity index is 805. The largest absolute Gasteiger partial charge is 0.444 e. The van der Waals surface area contributed by atoms with Gasteiger partial charge < -0.3 is 24.7 Å². The summed E-state index contributed by atoms with van der Waals surface area (Å²) in [6.07, 6.45) is 0.848. The van der Waals surface area contributed by atoms with Gasteiger partial charge in [0, 0.05) is 26.2 Å². The Morgan fingerprint density at radius 1 is 1.39 bits per heavy atom. The molecular weight excluding hydrogens is 368 g/mol. The lowest BCUT2D eigenvalue weighted by molar-refractivity contribution is -0.0495. The summed E-state index contributed by atoms with van der Waals surface area (Å²) in [5.41, 5.74) is 1.54. The lowest BCUT2D eigenvalue weighted by Gasteiger charge is -2.22. The average molecular weight is 393 g/mol. The van der Waals surface area contributed by atoms with Crippen LogP contribution >= 0.6 is 0 Å². The fraction of sp³-hybridized carbons (Fsp3) is 0.474. The normalized spacial score (nSPS) is 17.3. The summed E-state index contributed by atoms with van der Waals surface area (Å²) in [5, 5.41) is 6.54. The lowest BCUT2D eigenvalue weighted by Crippen LogP contribution is -2.44. The highest BCUT2D eigenvalue weighted by molar-refractivity contribution is 5.80. The molecule has 1 saturated heterocycles. The molecule has 1 unspecified atom stereocenters. The van der Waals surface area contributed by atoms with Crippen molar-refractivity contribution in [3.63, 3.8) is 0 Å². The van der Waals surface area contributed by atoms with Crippen LogP contribution in [0.2, 0.25) is 0 Å². The van der Waals surface area contributed by atoms with Crippen molar-refractivity contribution in [3.8, 4) is 5.75 Å². The number of para-hydroxylation sites is 2. The molecule has 152 valence electrons. The molecule has 1 aliphatic heterocycles. The maximum Gasteiger partial charge on any atom is 0.387 e. The molecular formula is C19H25F2N5O2. The Kier molecular flexibility index (Phi) is 6.33. The molecule has 2 N–H and O–H groups in total. The number of aryl methyl sites for hydroxylation is 2. The zero-order chi connectivity index (χ0) is 20.1. The van der Waals surface area contributed by atoms with Gasteiger partial charge in [0.2, 0.25) is 5.89 Å². The van der Waals surface area contributed by atoms with Crippen LogP contribution in [0.4, 0.5) is 14.5 Å². The van der Waals surface area contributed by atoms with Gasteiger partial charge in [-0.1, -0.05) is 12.1 Å². The van der Waals surface area contributed by atoms with Gasteiger partial charge in [0.25, 0.3) is 0 Å². The van der Waals surface area contributed by atoms with Crippen LogP contribution in [0.1, 0.15) is 23.8 Å². The molecule has 0 spiro atoms. The average Bonchev–Trinajstić information content (AvgIpc) is 3.25. The second-order valence-electron chi connectivity index (χ2n) is 6.60. The number of rotatable bonds is 6. The van der Waals surface area contributed by atoms with Gasteiger partial charge in [-0.05, 0) is 32.4 Å². The molecule has 1 fully saturated rings. The lowest BCUT2D eigenvalue weighted by atomic mass is 10.2. The number of ether oxygens (including phenoxy) is 1. The third-order valence-electron chi connectivity index (χ3n) is 4.65. The van der Waals surface area contributed by atoms with E-state index < -0.39 is 6.61 Å². The van der Waals surface area contributed by atoms with Gasteiger partial charge in [0.05, 0.1) is 17.9 Å². The van der Waals surface area contributed by atoms with Crippen LogP contribution in [0.25, 0.3) is 0 Å². The van der Waals surface area contributed by atoms with E-state index in [1.807, 2.05) is 24.8 Å². The van der Waals surface area contributed by atoms with Crippen LogP contribution in [0, 0.1) is 13.8 Å².